The minimum Gasteiger partial charge on any atom is -0.494 e. The molecule has 1 unspecified atom stereocenters. The lowest BCUT2D eigenvalue weighted by atomic mass is 10.0. The topological polar surface area (TPSA) is 39.1 Å². The molecule has 19 heavy (non-hydrogen) atoms. The fraction of sp³-hybridized carbons (Fsp3) is 0.357. The molecule has 4 nitrogen and oxygen atoms in total. The highest BCUT2D eigenvalue weighted by Crippen LogP contribution is 2.24. The van der Waals surface area contributed by atoms with E-state index in [1.165, 1.54) is 7.11 Å². The number of ether oxygens (including phenoxy) is 1. The van der Waals surface area contributed by atoms with Gasteiger partial charge in [-0.15, -0.1) is 0 Å². The number of hydrogen-bond donors (Lipinski definition) is 1. The monoisotopic (exact) mass is 263 g/mol. The summed E-state index contributed by atoms with van der Waals surface area (Å²) >= 11 is 0. The van der Waals surface area contributed by atoms with Crippen LogP contribution in [0.15, 0.2) is 30.5 Å². The number of aromatic nitrogens is 2. The molecule has 0 spiro atoms. The molecule has 1 aromatic carbocycles. The van der Waals surface area contributed by atoms with Crippen molar-refractivity contribution in [2.45, 2.75) is 12.5 Å². The van der Waals surface area contributed by atoms with E-state index in [0.29, 0.717) is 12.0 Å². The minimum absolute atomic E-state index is 0.00843. The molecule has 0 aliphatic heterocycles. The first kappa shape index (κ1) is 13.5. The Morgan fingerprint density at radius 2 is 2.21 bits per heavy atom. The van der Waals surface area contributed by atoms with Crippen molar-refractivity contribution in [3.05, 3.63) is 47.5 Å². The summed E-state index contributed by atoms with van der Waals surface area (Å²) in [6.45, 7) is 0. The second kappa shape index (κ2) is 5.84. The standard InChI is InChI=1S/C14H18FN3O/c1-16-11(12-7-8-17-18(12)2)9-10-5-4-6-13(19-3)14(10)15/h4-8,11,16H,9H2,1-3H3. The highest BCUT2D eigenvalue weighted by atomic mass is 19.1. The molecule has 5 heteroatoms. The average Bonchev–Trinajstić information content (AvgIpc) is 2.84. The number of rotatable bonds is 5. The lowest BCUT2D eigenvalue weighted by Gasteiger charge is -2.17. The average molecular weight is 263 g/mol. The first-order valence-corrected chi connectivity index (χ1v) is 6.14. The molecule has 0 saturated heterocycles. The van der Waals surface area contributed by atoms with Gasteiger partial charge in [0.1, 0.15) is 0 Å². The Kier molecular flexibility index (Phi) is 4.16. The van der Waals surface area contributed by atoms with Gasteiger partial charge in [0.05, 0.1) is 18.8 Å². The number of methoxy groups -OCH3 is 1. The molecule has 0 radical (unpaired) electrons. The predicted molar refractivity (Wildman–Crippen MR) is 71.7 cm³/mol. The van der Waals surface area contributed by atoms with Gasteiger partial charge in [0.15, 0.2) is 11.6 Å². The van der Waals surface area contributed by atoms with E-state index in [4.69, 9.17) is 4.74 Å². The normalized spacial score (nSPS) is 12.4. The Bertz CT molecular complexity index is 553. The van der Waals surface area contributed by atoms with Crippen molar-refractivity contribution in [3.8, 4) is 5.75 Å². The number of nitrogens with zero attached hydrogens (tertiary/aromatic N) is 2. The van der Waals surface area contributed by atoms with Crippen LogP contribution in [0.25, 0.3) is 0 Å². The van der Waals surface area contributed by atoms with Crippen molar-refractivity contribution in [2.75, 3.05) is 14.2 Å². The molecule has 0 fully saturated rings. The molecular weight excluding hydrogens is 245 g/mol. The fourth-order valence-electron chi connectivity index (χ4n) is 2.17. The summed E-state index contributed by atoms with van der Waals surface area (Å²) in [6.07, 6.45) is 2.28. The number of likely N-dealkylation sites (N-methyl/N-ethyl adjacent to an activating group) is 1. The quantitative estimate of drug-likeness (QED) is 0.897. The van der Waals surface area contributed by atoms with E-state index in [1.54, 1.807) is 29.1 Å². The van der Waals surface area contributed by atoms with Gasteiger partial charge in [0, 0.05) is 13.2 Å². The molecule has 1 aromatic heterocycles. The summed E-state index contributed by atoms with van der Waals surface area (Å²) in [4.78, 5) is 0. The molecule has 0 aliphatic rings. The molecule has 0 saturated carbocycles. The Balaban J connectivity index is 2.27. The van der Waals surface area contributed by atoms with Crippen LogP contribution in [-0.4, -0.2) is 23.9 Å². The smallest absolute Gasteiger partial charge is 0.168 e. The van der Waals surface area contributed by atoms with Crippen LogP contribution in [0.4, 0.5) is 4.39 Å². The SMILES string of the molecule is CNC(Cc1cccc(OC)c1F)c1ccnn1C. The first-order valence-electron chi connectivity index (χ1n) is 6.14. The maximum atomic E-state index is 14.1. The van der Waals surface area contributed by atoms with E-state index in [0.717, 1.165) is 5.69 Å². The van der Waals surface area contributed by atoms with Crippen molar-refractivity contribution >= 4 is 0 Å². The number of hydrogen-bond acceptors (Lipinski definition) is 3. The van der Waals surface area contributed by atoms with E-state index < -0.39 is 0 Å². The number of nitrogens with one attached hydrogen (secondary N) is 1. The third kappa shape index (κ3) is 2.76. The van der Waals surface area contributed by atoms with Gasteiger partial charge in [0.2, 0.25) is 0 Å². The number of halogens is 1. The Morgan fingerprint density at radius 1 is 1.42 bits per heavy atom. The summed E-state index contributed by atoms with van der Waals surface area (Å²) in [5.41, 5.74) is 1.64. The molecule has 0 bridgehead atoms. The van der Waals surface area contributed by atoms with Crippen LogP contribution in [0.5, 0.6) is 5.75 Å². The highest BCUT2D eigenvalue weighted by Gasteiger charge is 2.17. The summed E-state index contributed by atoms with van der Waals surface area (Å²) in [5.74, 6) is -0.0234. The fourth-order valence-corrected chi connectivity index (χ4v) is 2.17. The largest absolute Gasteiger partial charge is 0.494 e. The van der Waals surface area contributed by atoms with Gasteiger partial charge in [0.25, 0.3) is 0 Å². The van der Waals surface area contributed by atoms with Gasteiger partial charge >= 0.3 is 0 Å². The molecule has 1 atom stereocenters. The third-order valence-electron chi connectivity index (χ3n) is 3.25. The van der Waals surface area contributed by atoms with Gasteiger partial charge in [-0.05, 0) is 31.2 Å². The second-order valence-corrected chi connectivity index (χ2v) is 4.36. The van der Waals surface area contributed by atoms with Gasteiger partial charge in [-0.25, -0.2) is 4.39 Å². The van der Waals surface area contributed by atoms with E-state index in [-0.39, 0.29) is 17.6 Å². The highest BCUT2D eigenvalue weighted by molar-refractivity contribution is 5.32. The molecule has 1 N–H and O–H groups in total. The predicted octanol–water partition coefficient (Wildman–Crippen LogP) is 2.07. The second-order valence-electron chi connectivity index (χ2n) is 4.36. The number of benzene rings is 1. The molecule has 102 valence electrons. The lowest BCUT2D eigenvalue weighted by molar-refractivity contribution is 0.382. The first-order chi connectivity index (χ1) is 9.17. The van der Waals surface area contributed by atoms with Crippen molar-refractivity contribution in [1.82, 2.24) is 15.1 Å². The maximum Gasteiger partial charge on any atom is 0.168 e. The molecule has 0 amide bonds. The van der Waals surface area contributed by atoms with Crippen molar-refractivity contribution in [2.24, 2.45) is 7.05 Å². The van der Waals surface area contributed by atoms with Crippen LogP contribution in [0, 0.1) is 5.82 Å². The van der Waals surface area contributed by atoms with E-state index in [9.17, 15) is 4.39 Å². The van der Waals surface area contributed by atoms with Crippen molar-refractivity contribution < 1.29 is 9.13 Å². The summed E-state index contributed by atoms with van der Waals surface area (Å²) in [5, 5.41) is 7.33. The van der Waals surface area contributed by atoms with Crippen LogP contribution < -0.4 is 10.1 Å². The maximum absolute atomic E-state index is 14.1. The van der Waals surface area contributed by atoms with Gasteiger partial charge in [-0.3, -0.25) is 4.68 Å². The number of aryl methyl sites for hydroxylation is 1. The Hall–Kier alpha value is -1.88. The molecular formula is C14H18FN3O. The van der Waals surface area contributed by atoms with Crippen molar-refractivity contribution in [3.63, 3.8) is 0 Å². The summed E-state index contributed by atoms with van der Waals surface area (Å²) in [7, 11) is 5.20. The zero-order chi connectivity index (χ0) is 13.8. The van der Waals surface area contributed by atoms with E-state index in [1.807, 2.05) is 20.2 Å². The van der Waals surface area contributed by atoms with Crippen molar-refractivity contribution in [1.29, 1.82) is 0 Å². The van der Waals surface area contributed by atoms with Crippen LogP contribution in [0.3, 0.4) is 0 Å². The molecule has 1 heterocycles. The van der Waals surface area contributed by atoms with Crippen LogP contribution in [0.2, 0.25) is 0 Å². The molecule has 0 aliphatic carbocycles. The molecule has 2 rings (SSSR count). The van der Waals surface area contributed by atoms with E-state index in [2.05, 4.69) is 10.4 Å². The third-order valence-corrected chi connectivity index (χ3v) is 3.25. The minimum atomic E-state index is -0.299. The van der Waals surface area contributed by atoms with Gasteiger partial charge in [-0.1, -0.05) is 12.1 Å². The lowest BCUT2D eigenvalue weighted by Crippen LogP contribution is -2.22. The van der Waals surface area contributed by atoms with Crippen LogP contribution in [0.1, 0.15) is 17.3 Å². The van der Waals surface area contributed by atoms with Crippen LogP contribution >= 0.6 is 0 Å². The van der Waals surface area contributed by atoms with E-state index >= 15 is 0 Å². The summed E-state index contributed by atoms with van der Waals surface area (Å²) in [6, 6.07) is 7.14. The van der Waals surface area contributed by atoms with Gasteiger partial charge in [-0.2, -0.15) is 5.10 Å². The Labute approximate surface area is 112 Å². The van der Waals surface area contributed by atoms with Crippen LogP contribution in [-0.2, 0) is 13.5 Å². The Morgan fingerprint density at radius 3 is 2.79 bits per heavy atom. The zero-order valence-corrected chi connectivity index (χ0v) is 11.4. The summed E-state index contributed by atoms with van der Waals surface area (Å²) < 4.78 is 20.9. The van der Waals surface area contributed by atoms with Gasteiger partial charge < -0.3 is 10.1 Å². The zero-order valence-electron chi connectivity index (χ0n) is 11.4. The molecule has 2 aromatic rings.